The number of nitrogens with one attached hydrogen (secondary N) is 1. The first-order valence-corrected chi connectivity index (χ1v) is 9.96. The monoisotopic (exact) mass is 376 g/mol. The summed E-state index contributed by atoms with van der Waals surface area (Å²) in [4.78, 5) is 11.0. The van der Waals surface area contributed by atoms with Gasteiger partial charge in [0, 0.05) is 45.6 Å². The highest BCUT2D eigenvalue weighted by Crippen LogP contribution is 2.18. The summed E-state index contributed by atoms with van der Waals surface area (Å²) in [5.74, 6) is 1.56. The van der Waals surface area contributed by atoms with Crippen LogP contribution < -0.4 is 10.1 Å². The number of aliphatic imine (C=N–C) groups is 1. The quantitative estimate of drug-likeness (QED) is 0.606. The van der Waals surface area contributed by atoms with Crippen LogP contribution >= 0.6 is 0 Å². The van der Waals surface area contributed by atoms with Crippen LogP contribution in [0.5, 0.6) is 5.88 Å². The van der Waals surface area contributed by atoms with Crippen LogP contribution in [0.1, 0.15) is 37.7 Å². The fraction of sp³-hybridized carbons (Fsp3) is 0.700. The summed E-state index contributed by atoms with van der Waals surface area (Å²) in [6.07, 6.45) is 8.09. The van der Waals surface area contributed by atoms with Gasteiger partial charge in [0.25, 0.3) is 0 Å². The molecule has 7 heteroatoms. The average molecular weight is 377 g/mol. The lowest BCUT2D eigenvalue weighted by Gasteiger charge is -2.35. The van der Waals surface area contributed by atoms with E-state index in [1.165, 1.54) is 12.8 Å². The van der Waals surface area contributed by atoms with Gasteiger partial charge in [-0.05, 0) is 37.7 Å². The van der Waals surface area contributed by atoms with Gasteiger partial charge in [0.05, 0.1) is 25.9 Å². The number of rotatable bonds is 6. The predicted octanol–water partition coefficient (Wildman–Crippen LogP) is 2.22. The molecule has 0 aliphatic carbocycles. The number of guanidine groups is 1. The van der Waals surface area contributed by atoms with Crippen molar-refractivity contribution in [3.8, 4) is 5.88 Å². The number of pyridine rings is 1. The van der Waals surface area contributed by atoms with Crippen LogP contribution in [0.15, 0.2) is 23.3 Å². The van der Waals surface area contributed by atoms with E-state index >= 15 is 0 Å². The molecule has 3 heterocycles. The van der Waals surface area contributed by atoms with Gasteiger partial charge in [0.2, 0.25) is 5.88 Å². The maximum atomic E-state index is 6.10. The third-order valence-electron chi connectivity index (χ3n) is 5.20. The molecule has 1 N–H and O–H groups in total. The molecule has 2 saturated heterocycles. The first kappa shape index (κ1) is 19.9. The molecule has 2 fully saturated rings. The van der Waals surface area contributed by atoms with Crippen LogP contribution in [0.2, 0.25) is 0 Å². The molecular weight excluding hydrogens is 344 g/mol. The van der Waals surface area contributed by atoms with Gasteiger partial charge >= 0.3 is 0 Å². The van der Waals surface area contributed by atoms with Crippen LogP contribution in [0, 0.1) is 0 Å². The van der Waals surface area contributed by atoms with E-state index in [-0.39, 0.29) is 0 Å². The molecule has 0 bridgehead atoms. The average Bonchev–Trinajstić information content (AvgIpc) is 2.74. The molecular formula is C20H32N4O3. The molecule has 1 unspecified atom stereocenters. The third kappa shape index (κ3) is 6.07. The highest BCUT2D eigenvalue weighted by Gasteiger charge is 2.23. The van der Waals surface area contributed by atoms with Crippen LogP contribution in [0.25, 0.3) is 0 Å². The molecule has 2 aliphatic heterocycles. The zero-order valence-corrected chi connectivity index (χ0v) is 16.5. The Hall–Kier alpha value is -1.86. The number of piperidine rings is 1. The van der Waals surface area contributed by atoms with Gasteiger partial charge in [-0.15, -0.1) is 0 Å². The number of aromatic nitrogens is 1. The van der Waals surface area contributed by atoms with E-state index < -0.39 is 0 Å². The van der Waals surface area contributed by atoms with Crippen molar-refractivity contribution in [2.45, 2.75) is 50.9 Å². The van der Waals surface area contributed by atoms with E-state index in [9.17, 15) is 0 Å². The van der Waals surface area contributed by atoms with Crippen LogP contribution in [-0.2, 0) is 16.0 Å². The molecule has 1 aromatic heterocycles. The number of methoxy groups -OCH3 is 1. The lowest BCUT2D eigenvalue weighted by atomic mass is 10.1. The zero-order chi connectivity index (χ0) is 18.9. The summed E-state index contributed by atoms with van der Waals surface area (Å²) in [6.45, 7) is 4.23. The van der Waals surface area contributed by atoms with Gasteiger partial charge in [0.15, 0.2) is 5.96 Å². The molecule has 2 aliphatic rings. The Morgan fingerprint density at radius 1 is 1.30 bits per heavy atom. The van der Waals surface area contributed by atoms with Crippen molar-refractivity contribution >= 4 is 5.96 Å². The molecule has 0 radical (unpaired) electrons. The first-order valence-electron chi connectivity index (χ1n) is 9.96. The minimum Gasteiger partial charge on any atom is -0.481 e. The Morgan fingerprint density at radius 2 is 2.15 bits per heavy atom. The Kier molecular flexibility index (Phi) is 7.71. The van der Waals surface area contributed by atoms with Gasteiger partial charge in [-0.3, -0.25) is 4.99 Å². The van der Waals surface area contributed by atoms with Crippen molar-refractivity contribution in [1.29, 1.82) is 0 Å². The maximum absolute atomic E-state index is 6.10. The highest BCUT2D eigenvalue weighted by atomic mass is 16.5. The summed E-state index contributed by atoms with van der Waals surface area (Å²) < 4.78 is 17.0. The molecule has 0 spiro atoms. The third-order valence-corrected chi connectivity index (χ3v) is 5.20. The van der Waals surface area contributed by atoms with Crippen LogP contribution in [-0.4, -0.2) is 68.5 Å². The van der Waals surface area contributed by atoms with Gasteiger partial charge in [-0.1, -0.05) is 6.07 Å². The minimum absolute atomic E-state index is 0.296. The van der Waals surface area contributed by atoms with Crippen molar-refractivity contribution in [3.63, 3.8) is 0 Å². The van der Waals surface area contributed by atoms with Crippen molar-refractivity contribution in [2.75, 3.05) is 40.5 Å². The van der Waals surface area contributed by atoms with Crippen LogP contribution in [0.3, 0.4) is 0 Å². The smallest absolute Gasteiger partial charge is 0.212 e. The highest BCUT2D eigenvalue weighted by molar-refractivity contribution is 5.79. The van der Waals surface area contributed by atoms with E-state index in [1.54, 1.807) is 7.11 Å². The van der Waals surface area contributed by atoms with E-state index in [2.05, 4.69) is 20.2 Å². The standard InChI is InChI=1S/C20H32N4O3/c1-21-20(23-14-16-6-7-19(25-2)22-13-16)24-10-8-17(9-11-24)27-15-18-5-3-4-12-26-18/h6-7,13,17-18H,3-5,8-12,14-15H2,1-2H3,(H,21,23). The SMILES string of the molecule is CN=C(NCc1ccc(OC)nc1)N1CCC(OCC2CCCCO2)CC1. The molecule has 7 nitrogen and oxygen atoms in total. The maximum Gasteiger partial charge on any atom is 0.212 e. The van der Waals surface area contributed by atoms with Gasteiger partial charge in [-0.2, -0.15) is 0 Å². The Labute approximate surface area is 162 Å². The van der Waals surface area contributed by atoms with E-state index in [4.69, 9.17) is 14.2 Å². The molecule has 150 valence electrons. The summed E-state index contributed by atoms with van der Waals surface area (Å²) in [5, 5.41) is 3.43. The fourth-order valence-corrected chi connectivity index (χ4v) is 3.57. The molecule has 0 aromatic carbocycles. The Morgan fingerprint density at radius 3 is 2.78 bits per heavy atom. The van der Waals surface area contributed by atoms with Gasteiger partial charge in [-0.25, -0.2) is 4.98 Å². The topological polar surface area (TPSA) is 68.2 Å². The van der Waals surface area contributed by atoms with Crippen molar-refractivity contribution in [1.82, 2.24) is 15.2 Å². The molecule has 3 rings (SSSR count). The van der Waals surface area contributed by atoms with Gasteiger partial charge in [0.1, 0.15) is 0 Å². The zero-order valence-electron chi connectivity index (χ0n) is 16.5. The second kappa shape index (κ2) is 10.5. The van der Waals surface area contributed by atoms with Crippen molar-refractivity contribution < 1.29 is 14.2 Å². The molecule has 1 atom stereocenters. The van der Waals surface area contributed by atoms with Crippen molar-refractivity contribution in [2.24, 2.45) is 4.99 Å². The lowest BCUT2D eigenvalue weighted by molar-refractivity contribution is -0.0721. The molecule has 1 aromatic rings. The first-order chi connectivity index (χ1) is 13.3. The summed E-state index contributed by atoms with van der Waals surface area (Å²) >= 11 is 0. The summed E-state index contributed by atoms with van der Waals surface area (Å²) in [7, 11) is 3.45. The largest absolute Gasteiger partial charge is 0.481 e. The lowest BCUT2D eigenvalue weighted by Crippen LogP contribution is -2.47. The second-order valence-corrected chi connectivity index (χ2v) is 7.12. The second-order valence-electron chi connectivity index (χ2n) is 7.12. The van der Waals surface area contributed by atoms with E-state index in [0.29, 0.717) is 24.6 Å². The number of hydrogen-bond acceptors (Lipinski definition) is 5. The van der Waals surface area contributed by atoms with Crippen LogP contribution in [0.4, 0.5) is 0 Å². The summed E-state index contributed by atoms with van der Waals surface area (Å²) in [5.41, 5.74) is 1.10. The summed E-state index contributed by atoms with van der Waals surface area (Å²) in [6, 6.07) is 3.89. The number of hydrogen-bond donors (Lipinski definition) is 1. The van der Waals surface area contributed by atoms with Crippen molar-refractivity contribution in [3.05, 3.63) is 23.9 Å². The fourth-order valence-electron chi connectivity index (χ4n) is 3.57. The minimum atomic E-state index is 0.296. The van der Waals surface area contributed by atoms with E-state index in [1.807, 2.05) is 25.4 Å². The molecule has 0 amide bonds. The molecule has 27 heavy (non-hydrogen) atoms. The number of likely N-dealkylation sites (tertiary alicyclic amines) is 1. The number of nitrogens with zero attached hydrogens (tertiary/aromatic N) is 3. The van der Waals surface area contributed by atoms with E-state index in [0.717, 1.165) is 57.1 Å². The normalized spacial score (nSPS) is 21.9. The molecule has 0 saturated carbocycles. The Balaban J connectivity index is 1.38. The predicted molar refractivity (Wildman–Crippen MR) is 105 cm³/mol. The Bertz CT molecular complexity index is 579. The number of ether oxygens (including phenoxy) is 3. The van der Waals surface area contributed by atoms with Gasteiger partial charge < -0.3 is 24.4 Å².